The van der Waals surface area contributed by atoms with Crippen LogP contribution in [-0.2, 0) is 16.0 Å². The Bertz CT molecular complexity index is 479. The summed E-state index contributed by atoms with van der Waals surface area (Å²) in [6.45, 7) is 1.86. The van der Waals surface area contributed by atoms with Gasteiger partial charge in [-0.05, 0) is 40.0 Å². The molecule has 19 heavy (non-hydrogen) atoms. The van der Waals surface area contributed by atoms with Gasteiger partial charge in [-0.1, -0.05) is 13.0 Å². The Balaban J connectivity index is 2.49. The second kappa shape index (κ2) is 7.23. The predicted molar refractivity (Wildman–Crippen MR) is 72.2 cm³/mol. The summed E-state index contributed by atoms with van der Waals surface area (Å²) in [5, 5.41) is 11.0. The van der Waals surface area contributed by atoms with Crippen LogP contribution in [0.15, 0.2) is 22.7 Å². The first-order chi connectivity index (χ1) is 8.90. The van der Waals surface area contributed by atoms with Crippen LogP contribution in [0.2, 0.25) is 0 Å². The van der Waals surface area contributed by atoms with Crippen molar-refractivity contribution in [3.8, 4) is 0 Å². The second-order valence-corrected chi connectivity index (χ2v) is 5.14. The fourth-order valence-electron chi connectivity index (χ4n) is 1.58. The quantitative estimate of drug-likeness (QED) is 0.840. The Morgan fingerprint density at radius 1 is 1.47 bits per heavy atom. The third-order valence-corrected chi connectivity index (χ3v) is 3.22. The number of rotatable bonds is 6. The van der Waals surface area contributed by atoms with Crippen molar-refractivity contribution >= 4 is 27.8 Å². The predicted octanol–water partition coefficient (Wildman–Crippen LogP) is 2.36. The van der Waals surface area contributed by atoms with E-state index < -0.39 is 5.97 Å². The van der Waals surface area contributed by atoms with Crippen molar-refractivity contribution < 1.29 is 19.1 Å². The molecule has 104 valence electrons. The Hall–Kier alpha value is -1.43. The molecule has 2 N–H and O–H groups in total. The Morgan fingerprint density at radius 3 is 2.74 bits per heavy atom. The molecule has 0 aliphatic heterocycles. The van der Waals surface area contributed by atoms with E-state index in [-0.39, 0.29) is 30.6 Å². The monoisotopic (exact) mass is 331 g/mol. The van der Waals surface area contributed by atoms with Crippen molar-refractivity contribution in [2.75, 3.05) is 6.54 Å². The number of carbonyl (C=O) groups is 2. The van der Waals surface area contributed by atoms with Crippen LogP contribution in [0.5, 0.6) is 0 Å². The molecule has 0 heterocycles. The number of aliphatic carboxylic acids is 1. The van der Waals surface area contributed by atoms with Crippen molar-refractivity contribution in [1.29, 1.82) is 0 Å². The molecule has 1 unspecified atom stereocenters. The van der Waals surface area contributed by atoms with Gasteiger partial charge >= 0.3 is 5.97 Å². The van der Waals surface area contributed by atoms with Gasteiger partial charge in [-0.15, -0.1) is 0 Å². The van der Waals surface area contributed by atoms with Gasteiger partial charge in [-0.25, -0.2) is 4.39 Å². The van der Waals surface area contributed by atoms with Crippen molar-refractivity contribution in [2.24, 2.45) is 5.92 Å². The summed E-state index contributed by atoms with van der Waals surface area (Å²) in [7, 11) is 0. The average molecular weight is 332 g/mol. The van der Waals surface area contributed by atoms with Gasteiger partial charge in [0, 0.05) is 12.5 Å². The van der Waals surface area contributed by atoms with Crippen molar-refractivity contribution in [3.63, 3.8) is 0 Å². The van der Waals surface area contributed by atoms with E-state index in [2.05, 4.69) is 21.2 Å². The molecule has 1 amide bonds. The molecule has 1 rings (SSSR count). The Kier molecular flexibility index (Phi) is 5.95. The molecule has 0 aliphatic carbocycles. The van der Waals surface area contributed by atoms with Crippen LogP contribution in [0.3, 0.4) is 0 Å². The van der Waals surface area contributed by atoms with Gasteiger partial charge in [0.25, 0.3) is 0 Å². The van der Waals surface area contributed by atoms with E-state index in [1.165, 1.54) is 6.07 Å². The fraction of sp³-hybridized carbons (Fsp3) is 0.385. The second-order valence-electron chi connectivity index (χ2n) is 4.29. The standard InChI is InChI=1S/C13H15BrFNO3/c1-8(13(19)16-5-4-12(17)18)6-9-2-3-11(15)10(14)7-9/h2-3,7-8H,4-6H2,1H3,(H,16,19)(H,17,18). The van der Waals surface area contributed by atoms with E-state index in [9.17, 15) is 14.0 Å². The van der Waals surface area contributed by atoms with Crippen LogP contribution in [0.25, 0.3) is 0 Å². The minimum atomic E-state index is -0.949. The average Bonchev–Trinajstić information content (AvgIpc) is 2.33. The molecular formula is C13H15BrFNO3. The smallest absolute Gasteiger partial charge is 0.305 e. The third-order valence-electron chi connectivity index (χ3n) is 2.61. The molecule has 0 radical (unpaired) electrons. The fourth-order valence-corrected chi connectivity index (χ4v) is 2.01. The van der Waals surface area contributed by atoms with Gasteiger partial charge in [-0.2, -0.15) is 0 Å². The zero-order valence-electron chi connectivity index (χ0n) is 10.5. The summed E-state index contributed by atoms with van der Waals surface area (Å²) in [4.78, 5) is 22.0. The summed E-state index contributed by atoms with van der Waals surface area (Å²) in [6.07, 6.45) is 0.373. The first-order valence-electron chi connectivity index (χ1n) is 5.83. The summed E-state index contributed by atoms with van der Waals surface area (Å²) in [5.41, 5.74) is 0.842. The molecule has 0 aliphatic rings. The summed E-state index contributed by atoms with van der Waals surface area (Å²) < 4.78 is 13.4. The number of halogens is 2. The molecule has 0 bridgehead atoms. The van der Waals surface area contributed by atoms with Gasteiger partial charge < -0.3 is 10.4 Å². The molecule has 4 nitrogen and oxygen atoms in total. The molecule has 0 fully saturated rings. The molecule has 0 aromatic heterocycles. The van der Waals surface area contributed by atoms with E-state index in [4.69, 9.17) is 5.11 Å². The minimum absolute atomic E-state index is 0.0967. The summed E-state index contributed by atoms with van der Waals surface area (Å²) >= 11 is 3.09. The maximum Gasteiger partial charge on any atom is 0.305 e. The van der Waals surface area contributed by atoms with Crippen LogP contribution in [-0.4, -0.2) is 23.5 Å². The molecule has 1 aromatic carbocycles. The van der Waals surface area contributed by atoms with Gasteiger partial charge in [0.15, 0.2) is 0 Å². The molecule has 6 heteroatoms. The van der Waals surface area contributed by atoms with Gasteiger partial charge in [0.1, 0.15) is 5.82 Å². The van der Waals surface area contributed by atoms with Crippen LogP contribution < -0.4 is 5.32 Å². The van der Waals surface area contributed by atoms with E-state index >= 15 is 0 Å². The number of carbonyl (C=O) groups excluding carboxylic acids is 1. The number of carboxylic acid groups (broad SMARTS) is 1. The van der Waals surface area contributed by atoms with Gasteiger partial charge in [0.05, 0.1) is 10.9 Å². The number of hydrogen-bond acceptors (Lipinski definition) is 2. The first kappa shape index (κ1) is 15.6. The lowest BCUT2D eigenvalue weighted by Gasteiger charge is -2.12. The maximum atomic E-state index is 13.1. The number of hydrogen-bond donors (Lipinski definition) is 2. The first-order valence-corrected chi connectivity index (χ1v) is 6.63. The highest BCUT2D eigenvalue weighted by Crippen LogP contribution is 2.19. The minimum Gasteiger partial charge on any atom is -0.481 e. The molecule has 1 atom stereocenters. The highest BCUT2D eigenvalue weighted by atomic mass is 79.9. The molecule has 0 saturated carbocycles. The maximum absolute atomic E-state index is 13.1. The molecule has 1 aromatic rings. The molecule has 0 spiro atoms. The topological polar surface area (TPSA) is 66.4 Å². The SMILES string of the molecule is CC(Cc1ccc(F)c(Br)c1)C(=O)NCCC(=O)O. The lowest BCUT2D eigenvalue weighted by atomic mass is 10.0. The van der Waals surface area contributed by atoms with E-state index in [0.29, 0.717) is 10.9 Å². The lowest BCUT2D eigenvalue weighted by molar-refractivity contribution is -0.137. The number of nitrogens with one attached hydrogen (secondary N) is 1. The third kappa shape index (κ3) is 5.38. The molecule has 0 saturated heterocycles. The lowest BCUT2D eigenvalue weighted by Crippen LogP contribution is -2.32. The highest BCUT2D eigenvalue weighted by molar-refractivity contribution is 9.10. The number of carboxylic acids is 1. The van der Waals surface area contributed by atoms with Crippen molar-refractivity contribution in [3.05, 3.63) is 34.1 Å². The van der Waals surface area contributed by atoms with Crippen LogP contribution in [0.4, 0.5) is 4.39 Å². The van der Waals surface area contributed by atoms with Crippen LogP contribution in [0, 0.1) is 11.7 Å². The summed E-state index contributed by atoms with van der Waals surface area (Å²) in [6, 6.07) is 4.60. The zero-order valence-corrected chi connectivity index (χ0v) is 12.0. The van der Waals surface area contributed by atoms with Crippen molar-refractivity contribution in [1.82, 2.24) is 5.32 Å². The normalized spacial score (nSPS) is 11.9. The Labute approximate surface area is 119 Å². The van der Waals surface area contributed by atoms with E-state index in [0.717, 1.165) is 5.56 Å². The van der Waals surface area contributed by atoms with Gasteiger partial charge in [0.2, 0.25) is 5.91 Å². The zero-order chi connectivity index (χ0) is 14.4. The van der Waals surface area contributed by atoms with Crippen LogP contribution >= 0.6 is 15.9 Å². The van der Waals surface area contributed by atoms with Crippen molar-refractivity contribution in [2.45, 2.75) is 19.8 Å². The summed E-state index contributed by atoms with van der Waals surface area (Å²) in [5.74, 6) is -1.80. The van der Waals surface area contributed by atoms with Gasteiger partial charge in [-0.3, -0.25) is 9.59 Å². The molecular weight excluding hydrogens is 317 g/mol. The van der Waals surface area contributed by atoms with E-state index in [1.807, 2.05) is 0 Å². The largest absolute Gasteiger partial charge is 0.481 e. The number of amides is 1. The highest BCUT2D eigenvalue weighted by Gasteiger charge is 2.14. The number of benzene rings is 1. The van der Waals surface area contributed by atoms with Crippen LogP contribution in [0.1, 0.15) is 18.9 Å². The van der Waals surface area contributed by atoms with E-state index in [1.54, 1.807) is 19.1 Å². The Morgan fingerprint density at radius 2 is 2.16 bits per heavy atom.